The molecule has 1 aliphatic rings. The van der Waals surface area contributed by atoms with Crippen LogP contribution >= 0.6 is 0 Å². The zero-order valence-electron chi connectivity index (χ0n) is 16.6. The SMILES string of the molecule is CC(C)Cn1ncc(C(=O)Nc2ccc(CC(=O)NCC(=O)O)cc2)c1C1CC1. The van der Waals surface area contributed by atoms with Crippen molar-refractivity contribution in [2.45, 2.75) is 45.6 Å². The number of nitrogens with one attached hydrogen (secondary N) is 2. The van der Waals surface area contributed by atoms with E-state index in [1.54, 1.807) is 30.5 Å². The Balaban J connectivity index is 1.63. The van der Waals surface area contributed by atoms with Crippen LogP contribution in [0.5, 0.6) is 0 Å². The molecule has 3 N–H and O–H groups in total. The number of nitrogens with zero attached hydrogens (tertiary/aromatic N) is 2. The van der Waals surface area contributed by atoms with Gasteiger partial charge in [-0.2, -0.15) is 5.10 Å². The summed E-state index contributed by atoms with van der Waals surface area (Å²) in [6.07, 6.45) is 3.90. The molecule has 0 radical (unpaired) electrons. The van der Waals surface area contributed by atoms with Gasteiger partial charge < -0.3 is 15.7 Å². The van der Waals surface area contributed by atoms with Crippen molar-refractivity contribution in [2.75, 3.05) is 11.9 Å². The fourth-order valence-corrected chi connectivity index (χ4v) is 3.17. The minimum Gasteiger partial charge on any atom is -0.480 e. The van der Waals surface area contributed by atoms with Crippen molar-refractivity contribution in [3.63, 3.8) is 0 Å². The number of aliphatic carboxylic acids is 1. The summed E-state index contributed by atoms with van der Waals surface area (Å²) in [5.41, 5.74) is 2.99. The first kappa shape index (κ1) is 20.6. The summed E-state index contributed by atoms with van der Waals surface area (Å²) >= 11 is 0. The Morgan fingerprint density at radius 2 is 1.90 bits per heavy atom. The van der Waals surface area contributed by atoms with E-state index in [9.17, 15) is 14.4 Å². The van der Waals surface area contributed by atoms with Crippen molar-refractivity contribution in [3.8, 4) is 0 Å². The van der Waals surface area contributed by atoms with Gasteiger partial charge in [0.15, 0.2) is 0 Å². The first-order valence-electron chi connectivity index (χ1n) is 9.78. The number of anilines is 1. The van der Waals surface area contributed by atoms with Crippen LogP contribution in [0.2, 0.25) is 0 Å². The van der Waals surface area contributed by atoms with Crippen LogP contribution in [0.3, 0.4) is 0 Å². The molecule has 2 amide bonds. The molecule has 29 heavy (non-hydrogen) atoms. The molecule has 1 heterocycles. The lowest BCUT2D eigenvalue weighted by atomic mass is 10.1. The number of hydrogen-bond donors (Lipinski definition) is 3. The first-order valence-corrected chi connectivity index (χ1v) is 9.78. The second-order valence-corrected chi connectivity index (χ2v) is 7.79. The van der Waals surface area contributed by atoms with Crippen LogP contribution in [-0.2, 0) is 22.6 Å². The zero-order chi connectivity index (χ0) is 21.0. The number of amides is 2. The molecule has 8 heteroatoms. The molecule has 1 fully saturated rings. The molecule has 8 nitrogen and oxygen atoms in total. The number of carbonyl (C=O) groups is 3. The third kappa shape index (κ3) is 5.66. The maximum Gasteiger partial charge on any atom is 0.322 e. The number of aromatic nitrogens is 2. The molecule has 1 aromatic heterocycles. The molecule has 0 spiro atoms. The number of carboxylic acid groups (broad SMARTS) is 1. The Labute approximate surface area is 169 Å². The van der Waals surface area contributed by atoms with E-state index >= 15 is 0 Å². The van der Waals surface area contributed by atoms with Gasteiger partial charge in [0.25, 0.3) is 5.91 Å². The molecule has 2 aromatic rings. The highest BCUT2D eigenvalue weighted by Crippen LogP contribution is 2.42. The predicted octanol–water partition coefficient (Wildman–Crippen LogP) is 2.41. The fourth-order valence-electron chi connectivity index (χ4n) is 3.17. The van der Waals surface area contributed by atoms with Crippen molar-refractivity contribution in [2.24, 2.45) is 5.92 Å². The number of carbonyl (C=O) groups excluding carboxylic acids is 2. The lowest BCUT2D eigenvalue weighted by molar-refractivity contribution is -0.137. The van der Waals surface area contributed by atoms with Crippen LogP contribution in [0, 0.1) is 5.92 Å². The summed E-state index contributed by atoms with van der Waals surface area (Å²) in [5.74, 6) is -0.782. The molecule has 0 atom stereocenters. The molecule has 0 saturated heterocycles. The molecule has 1 saturated carbocycles. The highest BCUT2D eigenvalue weighted by molar-refractivity contribution is 6.05. The largest absolute Gasteiger partial charge is 0.480 e. The van der Waals surface area contributed by atoms with Gasteiger partial charge in [0.1, 0.15) is 6.54 Å². The van der Waals surface area contributed by atoms with Gasteiger partial charge in [-0.1, -0.05) is 26.0 Å². The number of hydrogen-bond acceptors (Lipinski definition) is 4. The molecule has 1 aliphatic carbocycles. The van der Waals surface area contributed by atoms with Gasteiger partial charge >= 0.3 is 5.97 Å². The summed E-state index contributed by atoms with van der Waals surface area (Å²) < 4.78 is 1.95. The Hall–Kier alpha value is -3.16. The fraction of sp³-hybridized carbons (Fsp3) is 0.429. The third-order valence-electron chi connectivity index (χ3n) is 4.64. The number of rotatable bonds is 9. The van der Waals surface area contributed by atoms with Crippen molar-refractivity contribution in [1.29, 1.82) is 0 Å². The predicted molar refractivity (Wildman–Crippen MR) is 108 cm³/mol. The van der Waals surface area contributed by atoms with Gasteiger partial charge in [-0.15, -0.1) is 0 Å². The van der Waals surface area contributed by atoms with Crippen LogP contribution in [-0.4, -0.2) is 39.2 Å². The molecule has 0 unspecified atom stereocenters. The van der Waals surface area contributed by atoms with Crippen molar-refractivity contribution >= 4 is 23.5 Å². The Kier molecular flexibility index (Phi) is 6.31. The highest BCUT2D eigenvalue weighted by atomic mass is 16.4. The summed E-state index contributed by atoms with van der Waals surface area (Å²) in [5, 5.41) is 18.2. The zero-order valence-corrected chi connectivity index (χ0v) is 16.6. The maximum atomic E-state index is 12.8. The average molecular weight is 398 g/mol. The number of benzene rings is 1. The van der Waals surface area contributed by atoms with E-state index in [2.05, 4.69) is 29.6 Å². The quantitative estimate of drug-likeness (QED) is 0.600. The second-order valence-electron chi connectivity index (χ2n) is 7.79. The Bertz CT molecular complexity index is 898. The van der Waals surface area contributed by atoms with Crippen LogP contribution in [0.4, 0.5) is 5.69 Å². The normalized spacial score (nSPS) is 13.3. The van der Waals surface area contributed by atoms with E-state index < -0.39 is 12.5 Å². The number of carboxylic acids is 1. The minimum absolute atomic E-state index is 0.0787. The van der Waals surface area contributed by atoms with E-state index in [1.807, 2.05) is 4.68 Å². The average Bonchev–Trinajstić information content (AvgIpc) is 3.41. The van der Waals surface area contributed by atoms with E-state index in [4.69, 9.17) is 5.11 Å². The van der Waals surface area contributed by atoms with Crippen molar-refractivity contribution in [1.82, 2.24) is 15.1 Å². The van der Waals surface area contributed by atoms with E-state index in [1.165, 1.54) is 0 Å². The smallest absolute Gasteiger partial charge is 0.322 e. The molecule has 154 valence electrons. The van der Waals surface area contributed by atoms with Crippen molar-refractivity contribution in [3.05, 3.63) is 47.3 Å². The van der Waals surface area contributed by atoms with Crippen molar-refractivity contribution < 1.29 is 19.5 Å². The molecule has 3 rings (SSSR count). The van der Waals surface area contributed by atoms with Gasteiger partial charge in [0.05, 0.1) is 23.9 Å². The van der Waals surface area contributed by atoms with E-state index in [-0.39, 0.29) is 18.2 Å². The van der Waals surface area contributed by atoms with Gasteiger partial charge in [0, 0.05) is 18.2 Å². The summed E-state index contributed by atoms with van der Waals surface area (Å²) in [7, 11) is 0. The van der Waals surface area contributed by atoms with Crippen LogP contribution in [0.1, 0.15) is 54.2 Å². The summed E-state index contributed by atoms with van der Waals surface area (Å²) in [6, 6.07) is 6.93. The van der Waals surface area contributed by atoms with Gasteiger partial charge in [0.2, 0.25) is 5.91 Å². The van der Waals surface area contributed by atoms with E-state index in [0.717, 1.165) is 30.6 Å². The Morgan fingerprint density at radius 1 is 1.21 bits per heavy atom. The second kappa shape index (κ2) is 8.89. The Morgan fingerprint density at radius 3 is 2.48 bits per heavy atom. The van der Waals surface area contributed by atoms with Gasteiger partial charge in [-0.05, 0) is 36.5 Å². The standard InChI is InChI=1S/C21H26N4O4/c1-13(2)12-25-20(15-5-6-15)17(10-23-25)21(29)24-16-7-3-14(4-8-16)9-18(26)22-11-19(27)28/h3-4,7-8,10,13,15H,5-6,9,11-12H2,1-2H3,(H,22,26)(H,24,29)(H,27,28). The molecular formula is C21H26N4O4. The minimum atomic E-state index is -1.08. The third-order valence-corrected chi connectivity index (χ3v) is 4.64. The van der Waals surface area contributed by atoms with Crippen LogP contribution in [0.15, 0.2) is 30.5 Å². The molecule has 0 bridgehead atoms. The first-order chi connectivity index (χ1) is 13.8. The molecule has 0 aliphatic heterocycles. The topological polar surface area (TPSA) is 113 Å². The van der Waals surface area contributed by atoms with Crippen LogP contribution < -0.4 is 10.6 Å². The summed E-state index contributed by atoms with van der Waals surface area (Å²) in [4.78, 5) is 35.0. The monoisotopic (exact) mass is 398 g/mol. The lowest BCUT2D eigenvalue weighted by Gasteiger charge is -2.11. The maximum absolute atomic E-state index is 12.8. The summed E-state index contributed by atoms with van der Waals surface area (Å²) in [6.45, 7) is 4.64. The van der Waals surface area contributed by atoms with Crippen LogP contribution in [0.25, 0.3) is 0 Å². The van der Waals surface area contributed by atoms with Gasteiger partial charge in [-0.3, -0.25) is 19.1 Å². The highest BCUT2D eigenvalue weighted by Gasteiger charge is 2.32. The van der Waals surface area contributed by atoms with Gasteiger partial charge in [-0.25, -0.2) is 0 Å². The lowest BCUT2D eigenvalue weighted by Crippen LogP contribution is -2.30. The molecule has 1 aromatic carbocycles. The van der Waals surface area contributed by atoms with E-state index in [0.29, 0.717) is 23.1 Å². The molecular weight excluding hydrogens is 372 g/mol.